The molecule has 0 bridgehead atoms. The Hall–Kier alpha value is -1.69. The summed E-state index contributed by atoms with van der Waals surface area (Å²) in [7, 11) is 1.59. The van der Waals surface area contributed by atoms with Gasteiger partial charge in [-0.3, -0.25) is 4.79 Å². The summed E-state index contributed by atoms with van der Waals surface area (Å²) in [6.45, 7) is 6.19. The molecule has 0 aromatic carbocycles. The van der Waals surface area contributed by atoms with Gasteiger partial charge in [-0.15, -0.1) is 10.2 Å². The molecule has 1 unspecified atom stereocenters. The van der Waals surface area contributed by atoms with Crippen molar-refractivity contribution in [3.63, 3.8) is 0 Å². The van der Waals surface area contributed by atoms with E-state index in [1.165, 1.54) is 12.8 Å². The highest BCUT2D eigenvalue weighted by atomic mass is 16.1. The first-order valence-corrected chi connectivity index (χ1v) is 7.26. The number of rotatable bonds is 5. The number of aromatic nitrogens is 2. The lowest BCUT2D eigenvalue weighted by atomic mass is 9.99. The first-order chi connectivity index (χ1) is 9.74. The van der Waals surface area contributed by atoms with Gasteiger partial charge in [0.15, 0.2) is 11.5 Å². The smallest absolute Gasteiger partial charge is 0.271 e. The van der Waals surface area contributed by atoms with Crippen molar-refractivity contribution in [2.24, 2.45) is 5.92 Å². The molecule has 1 aromatic heterocycles. The molecule has 0 saturated carbocycles. The quantitative estimate of drug-likeness (QED) is 0.827. The molecule has 6 nitrogen and oxygen atoms in total. The summed E-state index contributed by atoms with van der Waals surface area (Å²) in [4.78, 5) is 13.7. The number of carbonyl (C=O) groups is 1. The van der Waals surface area contributed by atoms with Crippen LogP contribution in [-0.2, 0) is 0 Å². The molecule has 2 heterocycles. The average Bonchev–Trinajstić information content (AvgIpc) is 2.53. The van der Waals surface area contributed by atoms with Crippen LogP contribution in [0.15, 0.2) is 12.1 Å². The van der Waals surface area contributed by atoms with Gasteiger partial charge in [0.2, 0.25) is 0 Å². The molecule has 110 valence electrons. The Morgan fingerprint density at radius 2 is 2.35 bits per heavy atom. The van der Waals surface area contributed by atoms with Gasteiger partial charge in [-0.05, 0) is 50.9 Å². The molecule has 1 saturated heterocycles. The maximum atomic E-state index is 11.4. The monoisotopic (exact) mass is 277 g/mol. The van der Waals surface area contributed by atoms with E-state index in [9.17, 15) is 4.79 Å². The first kappa shape index (κ1) is 14.7. The van der Waals surface area contributed by atoms with Crippen molar-refractivity contribution in [1.29, 1.82) is 0 Å². The molecule has 2 rings (SSSR count). The van der Waals surface area contributed by atoms with Crippen molar-refractivity contribution in [1.82, 2.24) is 20.8 Å². The highest BCUT2D eigenvalue weighted by Gasteiger charge is 2.17. The van der Waals surface area contributed by atoms with E-state index >= 15 is 0 Å². The van der Waals surface area contributed by atoms with Gasteiger partial charge >= 0.3 is 0 Å². The van der Waals surface area contributed by atoms with Gasteiger partial charge < -0.3 is 15.5 Å². The molecule has 1 fully saturated rings. The number of nitrogens with one attached hydrogen (secondary N) is 2. The summed E-state index contributed by atoms with van der Waals surface area (Å²) < 4.78 is 0. The van der Waals surface area contributed by atoms with Gasteiger partial charge in [-0.2, -0.15) is 0 Å². The van der Waals surface area contributed by atoms with E-state index in [0.29, 0.717) is 11.6 Å². The summed E-state index contributed by atoms with van der Waals surface area (Å²) in [6, 6.07) is 3.60. The van der Waals surface area contributed by atoms with Crippen LogP contribution in [0.1, 0.15) is 30.3 Å². The molecule has 0 aliphatic carbocycles. The average molecular weight is 277 g/mol. The lowest BCUT2D eigenvalue weighted by Crippen LogP contribution is -2.38. The zero-order valence-corrected chi connectivity index (χ0v) is 12.2. The zero-order chi connectivity index (χ0) is 14.4. The summed E-state index contributed by atoms with van der Waals surface area (Å²) in [6.07, 6.45) is 2.50. The number of amides is 1. The van der Waals surface area contributed by atoms with E-state index in [0.717, 1.165) is 32.0 Å². The summed E-state index contributed by atoms with van der Waals surface area (Å²) in [5.41, 5.74) is 0.353. The second-order valence-electron chi connectivity index (χ2n) is 5.11. The predicted octanol–water partition coefficient (Wildman–Crippen LogP) is 0.662. The molecule has 20 heavy (non-hydrogen) atoms. The minimum absolute atomic E-state index is 0.205. The fourth-order valence-corrected chi connectivity index (χ4v) is 2.52. The SMILES string of the molecule is CCN(CC1CCCNC1)c1ccc(C(=O)NC)nn1. The zero-order valence-electron chi connectivity index (χ0n) is 12.2. The summed E-state index contributed by atoms with van der Waals surface area (Å²) >= 11 is 0. The van der Waals surface area contributed by atoms with Crippen molar-refractivity contribution >= 4 is 11.7 Å². The van der Waals surface area contributed by atoms with Crippen LogP contribution in [0.2, 0.25) is 0 Å². The first-order valence-electron chi connectivity index (χ1n) is 7.26. The van der Waals surface area contributed by atoms with E-state index in [2.05, 4.69) is 32.7 Å². The Labute approximate surface area is 120 Å². The fraction of sp³-hybridized carbons (Fsp3) is 0.643. The molecular formula is C14H23N5O. The van der Waals surface area contributed by atoms with Gasteiger partial charge in [0, 0.05) is 20.1 Å². The molecule has 1 aromatic rings. The Bertz CT molecular complexity index is 428. The highest BCUT2D eigenvalue weighted by Crippen LogP contribution is 2.16. The number of hydrogen-bond donors (Lipinski definition) is 2. The second kappa shape index (κ2) is 7.19. The Balaban J connectivity index is 2.01. The lowest BCUT2D eigenvalue weighted by molar-refractivity contribution is 0.0957. The van der Waals surface area contributed by atoms with E-state index in [1.807, 2.05) is 6.07 Å². The van der Waals surface area contributed by atoms with E-state index in [1.54, 1.807) is 13.1 Å². The molecule has 1 atom stereocenters. The molecular weight excluding hydrogens is 254 g/mol. The van der Waals surface area contributed by atoms with Crippen LogP contribution < -0.4 is 15.5 Å². The number of hydrogen-bond acceptors (Lipinski definition) is 5. The summed E-state index contributed by atoms with van der Waals surface area (Å²) in [5, 5.41) is 14.1. The third-order valence-electron chi connectivity index (χ3n) is 3.69. The van der Waals surface area contributed by atoms with Crippen LogP contribution in [0.3, 0.4) is 0 Å². The van der Waals surface area contributed by atoms with Crippen LogP contribution in [0.4, 0.5) is 5.82 Å². The number of carbonyl (C=O) groups excluding carboxylic acids is 1. The van der Waals surface area contributed by atoms with Gasteiger partial charge in [0.1, 0.15) is 0 Å². The van der Waals surface area contributed by atoms with Crippen molar-refractivity contribution in [2.75, 3.05) is 38.1 Å². The topological polar surface area (TPSA) is 70.2 Å². The summed E-state index contributed by atoms with van der Waals surface area (Å²) in [5.74, 6) is 1.29. The largest absolute Gasteiger partial charge is 0.355 e. The third-order valence-corrected chi connectivity index (χ3v) is 3.69. The van der Waals surface area contributed by atoms with E-state index in [4.69, 9.17) is 0 Å². The Morgan fingerprint density at radius 1 is 1.50 bits per heavy atom. The molecule has 6 heteroatoms. The molecule has 2 N–H and O–H groups in total. The highest BCUT2D eigenvalue weighted by molar-refractivity contribution is 5.91. The Kier molecular flexibility index (Phi) is 5.29. The van der Waals surface area contributed by atoms with Crippen molar-refractivity contribution in [3.05, 3.63) is 17.8 Å². The number of piperidine rings is 1. The number of nitrogens with zero attached hydrogens (tertiary/aromatic N) is 3. The lowest BCUT2D eigenvalue weighted by Gasteiger charge is -2.29. The van der Waals surface area contributed by atoms with Gasteiger partial charge in [0.05, 0.1) is 0 Å². The van der Waals surface area contributed by atoms with Gasteiger partial charge in [-0.25, -0.2) is 0 Å². The van der Waals surface area contributed by atoms with Gasteiger partial charge in [-0.1, -0.05) is 0 Å². The molecule has 1 aliphatic heterocycles. The Morgan fingerprint density at radius 3 is 2.90 bits per heavy atom. The van der Waals surface area contributed by atoms with E-state index in [-0.39, 0.29) is 5.91 Å². The van der Waals surface area contributed by atoms with Crippen LogP contribution in [-0.4, -0.2) is 49.3 Å². The van der Waals surface area contributed by atoms with Crippen molar-refractivity contribution in [3.8, 4) is 0 Å². The molecule has 1 aliphatic rings. The minimum Gasteiger partial charge on any atom is -0.355 e. The normalized spacial score (nSPS) is 18.6. The minimum atomic E-state index is -0.205. The van der Waals surface area contributed by atoms with Crippen LogP contribution in [0, 0.1) is 5.92 Å². The maximum absolute atomic E-state index is 11.4. The van der Waals surface area contributed by atoms with E-state index < -0.39 is 0 Å². The fourth-order valence-electron chi connectivity index (χ4n) is 2.52. The van der Waals surface area contributed by atoms with Crippen molar-refractivity contribution in [2.45, 2.75) is 19.8 Å². The van der Waals surface area contributed by atoms with Crippen LogP contribution in [0.25, 0.3) is 0 Å². The van der Waals surface area contributed by atoms with Gasteiger partial charge in [0.25, 0.3) is 5.91 Å². The maximum Gasteiger partial charge on any atom is 0.271 e. The van der Waals surface area contributed by atoms with Crippen LogP contribution >= 0.6 is 0 Å². The molecule has 1 amide bonds. The molecule has 0 radical (unpaired) electrons. The second-order valence-corrected chi connectivity index (χ2v) is 5.11. The molecule has 0 spiro atoms. The number of anilines is 1. The third kappa shape index (κ3) is 3.66. The van der Waals surface area contributed by atoms with Crippen LogP contribution in [0.5, 0.6) is 0 Å². The van der Waals surface area contributed by atoms with Crippen molar-refractivity contribution < 1.29 is 4.79 Å². The predicted molar refractivity (Wildman–Crippen MR) is 78.9 cm³/mol. The standard InChI is InChI=1S/C14H23N5O/c1-3-19(10-11-5-4-8-16-9-11)13-7-6-12(17-18-13)14(20)15-2/h6-7,11,16H,3-5,8-10H2,1-2H3,(H,15,20).